The predicted molar refractivity (Wildman–Crippen MR) is 117 cm³/mol. The topological polar surface area (TPSA) is 126 Å². The van der Waals surface area contributed by atoms with Gasteiger partial charge in [-0.25, -0.2) is 0 Å². The molecule has 1 atom stereocenters. The molecule has 0 aromatic heterocycles. The number of halogens is 1. The Morgan fingerprint density at radius 3 is 2.61 bits per heavy atom. The van der Waals surface area contributed by atoms with E-state index in [-0.39, 0.29) is 29.3 Å². The van der Waals surface area contributed by atoms with Gasteiger partial charge in [0.15, 0.2) is 0 Å². The second-order valence-corrected chi connectivity index (χ2v) is 7.02. The molecule has 10 heteroatoms. The third kappa shape index (κ3) is 8.05. The van der Waals surface area contributed by atoms with Crippen LogP contribution in [0.15, 0.2) is 52.7 Å². The van der Waals surface area contributed by atoms with Gasteiger partial charge in [0.25, 0.3) is 5.69 Å². The van der Waals surface area contributed by atoms with Crippen molar-refractivity contribution >= 4 is 34.6 Å². The maximum atomic E-state index is 11.4. The van der Waals surface area contributed by atoms with Crippen LogP contribution in [-0.2, 0) is 9.53 Å². The minimum atomic E-state index is -0.529. The molecule has 2 aromatic rings. The number of hydrogen-bond acceptors (Lipinski definition) is 8. The number of aliphatic hydroxyl groups excluding tert-OH is 1. The second-order valence-electron chi connectivity index (χ2n) is 6.61. The number of esters is 1. The number of azo groups is 1. The lowest BCUT2D eigenvalue weighted by atomic mass is 10.0. The predicted octanol–water partition coefficient (Wildman–Crippen LogP) is 5.02. The molecule has 166 valence electrons. The second kappa shape index (κ2) is 12.7. The lowest BCUT2D eigenvalue weighted by Gasteiger charge is -2.18. The van der Waals surface area contributed by atoms with E-state index in [4.69, 9.17) is 16.3 Å². The van der Waals surface area contributed by atoms with Crippen LogP contribution < -0.4 is 5.32 Å². The Morgan fingerprint density at radius 1 is 1.26 bits per heavy atom. The van der Waals surface area contributed by atoms with E-state index in [1.54, 1.807) is 19.1 Å². The summed E-state index contributed by atoms with van der Waals surface area (Å²) < 4.78 is 4.91. The molecule has 31 heavy (non-hydrogen) atoms. The quantitative estimate of drug-likeness (QED) is 0.154. The first-order chi connectivity index (χ1) is 14.9. The van der Waals surface area contributed by atoms with Crippen molar-refractivity contribution in [3.8, 4) is 0 Å². The number of rotatable bonds is 12. The molecule has 0 aliphatic rings. The van der Waals surface area contributed by atoms with Crippen LogP contribution in [-0.4, -0.2) is 35.8 Å². The van der Waals surface area contributed by atoms with Crippen molar-refractivity contribution in [1.82, 2.24) is 5.32 Å². The van der Waals surface area contributed by atoms with Crippen molar-refractivity contribution < 1.29 is 19.6 Å². The maximum Gasteiger partial charge on any atom is 0.305 e. The monoisotopic (exact) mass is 448 g/mol. The van der Waals surface area contributed by atoms with E-state index in [1.165, 1.54) is 18.2 Å². The molecule has 0 aliphatic heterocycles. The Hall–Kier alpha value is -2.88. The lowest BCUT2D eigenvalue weighted by molar-refractivity contribution is -0.384. The largest absolute Gasteiger partial charge is 0.466 e. The molecule has 9 nitrogen and oxygen atoms in total. The molecule has 0 heterocycles. The normalized spacial score (nSPS) is 12.1. The smallest absolute Gasteiger partial charge is 0.305 e. The Kier molecular flexibility index (Phi) is 10.0. The van der Waals surface area contributed by atoms with E-state index in [1.807, 2.05) is 12.1 Å². The van der Waals surface area contributed by atoms with Gasteiger partial charge in [0.2, 0.25) is 0 Å². The number of nitro groups is 1. The zero-order valence-electron chi connectivity index (χ0n) is 17.2. The van der Waals surface area contributed by atoms with Gasteiger partial charge in [0.05, 0.1) is 22.2 Å². The highest BCUT2D eigenvalue weighted by Gasteiger charge is 2.12. The van der Waals surface area contributed by atoms with Crippen LogP contribution >= 0.6 is 11.6 Å². The number of aliphatic hydroxyl groups is 1. The fourth-order valence-corrected chi connectivity index (χ4v) is 3.05. The van der Waals surface area contributed by atoms with Crippen LogP contribution in [0.25, 0.3) is 0 Å². The number of nitrogens with one attached hydrogen (secondary N) is 1. The molecular weight excluding hydrogens is 424 g/mol. The molecule has 0 aliphatic carbocycles. The van der Waals surface area contributed by atoms with E-state index in [0.717, 1.165) is 5.56 Å². The Balaban J connectivity index is 1.97. The number of carbonyl (C=O) groups is 1. The number of benzene rings is 2. The number of carbonyl (C=O) groups excluding carboxylic acids is 1. The molecule has 2 N–H and O–H groups in total. The summed E-state index contributed by atoms with van der Waals surface area (Å²) in [4.78, 5) is 21.6. The summed E-state index contributed by atoms with van der Waals surface area (Å²) >= 11 is 6.02. The van der Waals surface area contributed by atoms with Crippen molar-refractivity contribution in [1.29, 1.82) is 0 Å². The standard InChI is InChI=1S/C21H25ClN4O5/c1-2-31-21(28)4-3-12-23-19(11-13-27)15-5-7-16(8-6-15)24-25-20-10-9-17(26(29)30)14-18(20)22/h5-10,14,19,23,27H,2-4,11-13H2,1H3. The molecule has 2 aromatic carbocycles. The summed E-state index contributed by atoms with van der Waals surface area (Å²) in [5, 5.41) is 31.8. The molecule has 0 saturated heterocycles. The molecule has 2 rings (SSSR count). The molecule has 0 saturated carbocycles. The number of nitro benzene ring substituents is 1. The summed E-state index contributed by atoms with van der Waals surface area (Å²) in [7, 11) is 0. The van der Waals surface area contributed by atoms with Gasteiger partial charge in [-0.2, -0.15) is 5.11 Å². The van der Waals surface area contributed by atoms with Crippen molar-refractivity contribution in [2.24, 2.45) is 10.2 Å². The highest BCUT2D eigenvalue weighted by Crippen LogP contribution is 2.30. The Labute approximate surface area is 185 Å². The van der Waals surface area contributed by atoms with Crippen LogP contribution in [0.3, 0.4) is 0 Å². The average molecular weight is 449 g/mol. The van der Waals surface area contributed by atoms with Gasteiger partial charge in [-0.3, -0.25) is 14.9 Å². The molecule has 1 unspecified atom stereocenters. The average Bonchev–Trinajstić information content (AvgIpc) is 2.75. The highest BCUT2D eigenvalue weighted by atomic mass is 35.5. The van der Waals surface area contributed by atoms with E-state index in [9.17, 15) is 20.0 Å². The number of nitrogens with zero attached hydrogens (tertiary/aromatic N) is 3. The maximum absolute atomic E-state index is 11.4. The third-order valence-electron chi connectivity index (χ3n) is 4.38. The zero-order valence-corrected chi connectivity index (χ0v) is 17.9. The first-order valence-electron chi connectivity index (χ1n) is 9.90. The molecular formula is C21H25ClN4O5. The minimum absolute atomic E-state index is 0.0235. The number of non-ortho nitro benzene ring substituents is 1. The first kappa shape index (κ1) is 24.4. The first-order valence-corrected chi connectivity index (χ1v) is 10.3. The van der Waals surface area contributed by atoms with Crippen LogP contribution in [0.2, 0.25) is 5.02 Å². The van der Waals surface area contributed by atoms with E-state index in [2.05, 4.69) is 15.5 Å². The van der Waals surface area contributed by atoms with Crippen molar-refractivity contribution in [2.75, 3.05) is 19.8 Å². The summed E-state index contributed by atoms with van der Waals surface area (Å²) in [5.74, 6) is -0.217. The van der Waals surface area contributed by atoms with Crippen LogP contribution in [0.5, 0.6) is 0 Å². The van der Waals surface area contributed by atoms with Gasteiger partial charge in [-0.15, -0.1) is 5.11 Å². The lowest BCUT2D eigenvalue weighted by Crippen LogP contribution is -2.24. The van der Waals surface area contributed by atoms with Gasteiger partial charge < -0.3 is 15.2 Å². The van der Waals surface area contributed by atoms with Gasteiger partial charge in [-0.05, 0) is 50.1 Å². The highest BCUT2D eigenvalue weighted by molar-refractivity contribution is 6.33. The van der Waals surface area contributed by atoms with Gasteiger partial charge in [0, 0.05) is 31.2 Å². The van der Waals surface area contributed by atoms with Crippen molar-refractivity contribution in [3.05, 3.63) is 63.2 Å². The molecule has 0 spiro atoms. The van der Waals surface area contributed by atoms with Crippen LogP contribution in [0.1, 0.15) is 37.8 Å². The molecule has 0 amide bonds. The fourth-order valence-electron chi connectivity index (χ4n) is 2.83. The molecule has 0 fully saturated rings. The van der Waals surface area contributed by atoms with E-state index >= 15 is 0 Å². The van der Waals surface area contributed by atoms with E-state index < -0.39 is 4.92 Å². The van der Waals surface area contributed by atoms with Crippen LogP contribution in [0, 0.1) is 10.1 Å². The Bertz CT molecular complexity index is 905. The van der Waals surface area contributed by atoms with Gasteiger partial charge in [-0.1, -0.05) is 23.7 Å². The number of ether oxygens (including phenoxy) is 1. The fraction of sp³-hybridized carbons (Fsp3) is 0.381. The molecule has 0 bridgehead atoms. The summed E-state index contributed by atoms with van der Waals surface area (Å²) in [5.41, 5.74) is 1.77. The van der Waals surface area contributed by atoms with Crippen LogP contribution in [0.4, 0.5) is 17.1 Å². The minimum Gasteiger partial charge on any atom is -0.466 e. The zero-order chi connectivity index (χ0) is 22.6. The SMILES string of the molecule is CCOC(=O)CCCNC(CCO)c1ccc(N=Nc2ccc([N+](=O)[O-])cc2Cl)cc1. The molecule has 0 radical (unpaired) electrons. The number of hydrogen-bond donors (Lipinski definition) is 2. The van der Waals surface area contributed by atoms with Gasteiger partial charge in [0.1, 0.15) is 5.69 Å². The van der Waals surface area contributed by atoms with Crippen molar-refractivity contribution in [3.63, 3.8) is 0 Å². The Morgan fingerprint density at radius 2 is 2.00 bits per heavy atom. The van der Waals surface area contributed by atoms with E-state index in [0.29, 0.717) is 43.8 Å². The summed E-state index contributed by atoms with van der Waals surface area (Å²) in [6.45, 7) is 2.79. The summed E-state index contributed by atoms with van der Waals surface area (Å²) in [6.07, 6.45) is 1.51. The third-order valence-corrected chi connectivity index (χ3v) is 4.68. The van der Waals surface area contributed by atoms with Gasteiger partial charge >= 0.3 is 5.97 Å². The summed E-state index contributed by atoms with van der Waals surface area (Å²) in [6, 6.07) is 11.2. The van der Waals surface area contributed by atoms with Crippen molar-refractivity contribution in [2.45, 2.75) is 32.2 Å².